The molecule has 5 nitrogen and oxygen atoms in total. The Morgan fingerprint density at radius 2 is 2.25 bits per heavy atom. The number of likely N-dealkylation sites (N-methyl/N-ethyl adjacent to an activating group) is 1. The molecule has 0 radical (unpaired) electrons. The average Bonchev–Trinajstić information content (AvgIpc) is 3.04. The number of rotatable bonds is 5. The first kappa shape index (κ1) is 13.0. The highest BCUT2D eigenvalue weighted by molar-refractivity contribution is 6.03. The lowest BCUT2D eigenvalue weighted by molar-refractivity contribution is 0.258. The maximum absolute atomic E-state index is 5.22. The van der Waals surface area contributed by atoms with E-state index in [1.54, 1.807) is 0 Å². The summed E-state index contributed by atoms with van der Waals surface area (Å²) in [5.41, 5.74) is 2.17. The van der Waals surface area contributed by atoms with E-state index in [2.05, 4.69) is 39.3 Å². The van der Waals surface area contributed by atoms with Crippen molar-refractivity contribution in [2.45, 2.75) is 26.2 Å². The zero-order chi connectivity index (χ0) is 13.9. The Balaban J connectivity index is 1.46. The molecular formula is C15H20N4O. The van der Waals surface area contributed by atoms with Crippen LogP contribution in [0.5, 0.6) is 0 Å². The van der Waals surface area contributed by atoms with Crippen molar-refractivity contribution in [2.24, 2.45) is 4.99 Å². The predicted molar refractivity (Wildman–Crippen MR) is 78.2 cm³/mol. The SMILES string of the molecule is Cc1cc(CCCCN2C=C3C=CN=C3N(C)C2)on1. The molecule has 0 spiro atoms. The third-order valence-corrected chi connectivity index (χ3v) is 3.58. The second-order valence-corrected chi connectivity index (χ2v) is 5.40. The van der Waals surface area contributed by atoms with E-state index in [0.717, 1.165) is 49.8 Å². The van der Waals surface area contributed by atoms with Crippen LogP contribution in [-0.4, -0.2) is 41.1 Å². The molecule has 0 fully saturated rings. The quantitative estimate of drug-likeness (QED) is 0.772. The molecule has 0 unspecified atom stereocenters. The number of fused-ring (bicyclic) bond motifs is 1. The van der Waals surface area contributed by atoms with Gasteiger partial charge in [-0.25, -0.2) is 4.99 Å². The predicted octanol–water partition coefficient (Wildman–Crippen LogP) is 2.32. The summed E-state index contributed by atoms with van der Waals surface area (Å²) in [6.45, 7) is 3.92. The van der Waals surface area contributed by atoms with Gasteiger partial charge in [0.2, 0.25) is 0 Å². The van der Waals surface area contributed by atoms with Crippen molar-refractivity contribution in [3.05, 3.63) is 41.6 Å². The summed E-state index contributed by atoms with van der Waals surface area (Å²) in [5.74, 6) is 2.07. The Morgan fingerprint density at radius 1 is 1.35 bits per heavy atom. The lowest BCUT2D eigenvalue weighted by atomic mass is 10.1. The van der Waals surface area contributed by atoms with Crippen LogP contribution in [0.2, 0.25) is 0 Å². The van der Waals surface area contributed by atoms with Gasteiger partial charge in [-0.2, -0.15) is 0 Å². The molecule has 5 heteroatoms. The molecule has 1 aromatic rings. The van der Waals surface area contributed by atoms with Crippen LogP contribution in [0.1, 0.15) is 24.3 Å². The van der Waals surface area contributed by atoms with Gasteiger partial charge in [-0.05, 0) is 25.8 Å². The van der Waals surface area contributed by atoms with Gasteiger partial charge in [-0.3, -0.25) is 0 Å². The second kappa shape index (κ2) is 5.53. The fraction of sp³-hybridized carbons (Fsp3) is 0.467. The summed E-state index contributed by atoms with van der Waals surface area (Å²) in [4.78, 5) is 8.89. The van der Waals surface area contributed by atoms with Crippen molar-refractivity contribution in [3.63, 3.8) is 0 Å². The fourth-order valence-electron chi connectivity index (χ4n) is 2.62. The fourth-order valence-corrected chi connectivity index (χ4v) is 2.62. The summed E-state index contributed by atoms with van der Waals surface area (Å²) in [7, 11) is 2.09. The summed E-state index contributed by atoms with van der Waals surface area (Å²) in [6, 6.07) is 2.02. The monoisotopic (exact) mass is 272 g/mol. The molecule has 0 aliphatic carbocycles. The number of hydrogen-bond acceptors (Lipinski definition) is 5. The van der Waals surface area contributed by atoms with Crippen LogP contribution < -0.4 is 0 Å². The van der Waals surface area contributed by atoms with E-state index in [1.807, 2.05) is 19.2 Å². The Morgan fingerprint density at radius 3 is 3.05 bits per heavy atom. The van der Waals surface area contributed by atoms with Crippen LogP contribution in [0, 0.1) is 6.92 Å². The molecule has 0 bridgehead atoms. The number of unbranched alkanes of at least 4 members (excludes halogenated alkanes) is 1. The average molecular weight is 272 g/mol. The molecule has 2 aliphatic rings. The number of aryl methyl sites for hydroxylation is 2. The lowest BCUT2D eigenvalue weighted by Gasteiger charge is -2.33. The summed E-state index contributed by atoms with van der Waals surface area (Å²) >= 11 is 0. The van der Waals surface area contributed by atoms with Crippen LogP contribution in [0.15, 0.2) is 39.6 Å². The molecule has 0 saturated carbocycles. The van der Waals surface area contributed by atoms with Gasteiger partial charge in [0.05, 0.1) is 12.4 Å². The zero-order valence-corrected chi connectivity index (χ0v) is 12.0. The molecule has 0 aromatic carbocycles. The van der Waals surface area contributed by atoms with E-state index in [4.69, 9.17) is 4.52 Å². The minimum absolute atomic E-state index is 0.908. The van der Waals surface area contributed by atoms with E-state index in [-0.39, 0.29) is 0 Å². The number of hydrogen-bond donors (Lipinski definition) is 0. The minimum Gasteiger partial charge on any atom is -0.361 e. The van der Waals surface area contributed by atoms with Crippen molar-refractivity contribution in [3.8, 4) is 0 Å². The summed E-state index contributed by atoms with van der Waals surface area (Å²) in [6.07, 6.45) is 9.37. The molecular weight excluding hydrogens is 252 g/mol. The standard InChI is InChI=1S/C15H20N4O/c1-12-9-14(20-17-12)5-3-4-8-19-10-13-6-7-16-15(13)18(2)11-19/h6-7,9-10H,3-5,8,11H2,1-2H3. The molecule has 0 saturated heterocycles. The highest BCUT2D eigenvalue weighted by Crippen LogP contribution is 2.18. The van der Waals surface area contributed by atoms with E-state index >= 15 is 0 Å². The van der Waals surface area contributed by atoms with Gasteiger partial charge in [0.1, 0.15) is 11.6 Å². The van der Waals surface area contributed by atoms with Gasteiger partial charge in [0.25, 0.3) is 0 Å². The Hall–Kier alpha value is -2.04. The molecule has 2 aliphatic heterocycles. The van der Waals surface area contributed by atoms with Gasteiger partial charge in [-0.1, -0.05) is 5.16 Å². The van der Waals surface area contributed by atoms with E-state index in [9.17, 15) is 0 Å². The third-order valence-electron chi connectivity index (χ3n) is 3.58. The Bertz CT molecular complexity index is 570. The summed E-state index contributed by atoms with van der Waals surface area (Å²) < 4.78 is 5.22. The molecule has 20 heavy (non-hydrogen) atoms. The van der Waals surface area contributed by atoms with Crippen LogP contribution in [0.4, 0.5) is 0 Å². The maximum atomic E-state index is 5.22. The largest absolute Gasteiger partial charge is 0.361 e. The van der Waals surface area contributed by atoms with Gasteiger partial charge in [0, 0.05) is 44.1 Å². The molecule has 0 atom stereocenters. The van der Waals surface area contributed by atoms with Gasteiger partial charge >= 0.3 is 0 Å². The van der Waals surface area contributed by atoms with Crippen molar-refractivity contribution >= 4 is 5.84 Å². The van der Waals surface area contributed by atoms with Gasteiger partial charge in [-0.15, -0.1) is 0 Å². The molecule has 0 amide bonds. The number of aliphatic imine (C=N–C) groups is 1. The second-order valence-electron chi connectivity index (χ2n) is 5.40. The number of nitrogens with zero attached hydrogens (tertiary/aromatic N) is 4. The highest BCUT2D eigenvalue weighted by atomic mass is 16.5. The topological polar surface area (TPSA) is 44.9 Å². The number of amidine groups is 1. The van der Waals surface area contributed by atoms with Crippen LogP contribution >= 0.6 is 0 Å². The van der Waals surface area contributed by atoms with E-state index < -0.39 is 0 Å². The number of aromatic nitrogens is 1. The Kier molecular flexibility index (Phi) is 3.58. The minimum atomic E-state index is 0.908. The first-order valence-electron chi connectivity index (χ1n) is 7.06. The first-order valence-corrected chi connectivity index (χ1v) is 7.06. The lowest BCUT2D eigenvalue weighted by Crippen LogP contribution is -2.41. The Labute approximate surface area is 119 Å². The van der Waals surface area contributed by atoms with Crippen molar-refractivity contribution < 1.29 is 4.52 Å². The van der Waals surface area contributed by atoms with Gasteiger partial charge in [0.15, 0.2) is 0 Å². The van der Waals surface area contributed by atoms with E-state index in [1.165, 1.54) is 5.57 Å². The van der Waals surface area contributed by atoms with Crippen molar-refractivity contribution in [1.29, 1.82) is 0 Å². The molecule has 0 N–H and O–H groups in total. The van der Waals surface area contributed by atoms with Crippen molar-refractivity contribution in [2.75, 3.05) is 20.3 Å². The van der Waals surface area contributed by atoms with Crippen LogP contribution in [0.3, 0.4) is 0 Å². The smallest absolute Gasteiger partial charge is 0.138 e. The first-order chi connectivity index (χ1) is 9.72. The molecule has 106 valence electrons. The van der Waals surface area contributed by atoms with Crippen molar-refractivity contribution in [1.82, 2.24) is 15.0 Å². The van der Waals surface area contributed by atoms with E-state index in [0.29, 0.717) is 0 Å². The summed E-state index contributed by atoms with van der Waals surface area (Å²) in [5, 5.41) is 3.91. The third kappa shape index (κ3) is 2.76. The maximum Gasteiger partial charge on any atom is 0.138 e. The van der Waals surface area contributed by atoms with Crippen LogP contribution in [0.25, 0.3) is 0 Å². The van der Waals surface area contributed by atoms with Gasteiger partial charge < -0.3 is 14.3 Å². The van der Waals surface area contributed by atoms with Crippen LogP contribution in [-0.2, 0) is 6.42 Å². The normalized spacial score (nSPS) is 17.3. The highest BCUT2D eigenvalue weighted by Gasteiger charge is 2.21. The molecule has 1 aromatic heterocycles. The molecule has 3 rings (SSSR count). The zero-order valence-electron chi connectivity index (χ0n) is 12.0. The molecule has 3 heterocycles.